The van der Waals surface area contributed by atoms with Crippen LogP contribution in [0.15, 0.2) is 30.7 Å². The van der Waals surface area contributed by atoms with E-state index in [1.165, 1.54) is 0 Å². The lowest BCUT2D eigenvalue weighted by molar-refractivity contribution is -0.130. The minimum absolute atomic E-state index is 0.0431. The third kappa shape index (κ3) is 3.11. The maximum Gasteiger partial charge on any atom is 0.249 e. The van der Waals surface area contributed by atoms with E-state index < -0.39 is 0 Å². The number of rotatable bonds is 4. The Morgan fingerprint density at radius 2 is 2.43 bits per heavy atom. The lowest BCUT2D eigenvalue weighted by Gasteiger charge is -2.11. The number of amides is 1. The first kappa shape index (κ1) is 13.8. The van der Waals surface area contributed by atoms with Gasteiger partial charge in [-0.1, -0.05) is 0 Å². The molecule has 0 bridgehead atoms. The average Bonchev–Trinajstić information content (AvgIpc) is 3.16. The van der Waals surface area contributed by atoms with Crippen molar-refractivity contribution in [2.24, 2.45) is 7.05 Å². The molecule has 1 saturated heterocycles. The Morgan fingerprint density at radius 3 is 3.14 bits per heavy atom. The molecule has 0 spiro atoms. The predicted octanol–water partition coefficient (Wildman–Crippen LogP) is 1.28. The zero-order valence-electron chi connectivity index (χ0n) is 12.0. The van der Waals surface area contributed by atoms with Gasteiger partial charge in [0, 0.05) is 44.4 Å². The van der Waals surface area contributed by atoms with E-state index in [4.69, 9.17) is 4.74 Å². The van der Waals surface area contributed by atoms with Crippen molar-refractivity contribution in [3.8, 4) is 11.3 Å². The van der Waals surface area contributed by atoms with Gasteiger partial charge < -0.3 is 10.1 Å². The van der Waals surface area contributed by atoms with Crippen LogP contribution in [0.1, 0.15) is 18.4 Å². The van der Waals surface area contributed by atoms with Crippen molar-refractivity contribution in [3.05, 3.63) is 36.3 Å². The Bertz CT molecular complexity index is 632. The summed E-state index contributed by atoms with van der Waals surface area (Å²) >= 11 is 0. The van der Waals surface area contributed by atoms with Gasteiger partial charge in [-0.25, -0.2) is 0 Å². The highest BCUT2D eigenvalue weighted by Gasteiger charge is 2.23. The van der Waals surface area contributed by atoms with Crippen molar-refractivity contribution in [2.45, 2.75) is 25.5 Å². The molecule has 1 atom stereocenters. The SMILES string of the molecule is Cn1nccc1-c1cncc(CNC(=O)[C@@H]2CCCO2)c1. The van der Waals surface area contributed by atoms with Gasteiger partial charge in [0.15, 0.2) is 0 Å². The minimum Gasteiger partial charge on any atom is -0.368 e. The molecule has 21 heavy (non-hydrogen) atoms. The number of nitrogens with one attached hydrogen (secondary N) is 1. The van der Waals surface area contributed by atoms with Crippen LogP contribution in [0.2, 0.25) is 0 Å². The Hall–Kier alpha value is -2.21. The fourth-order valence-electron chi connectivity index (χ4n) is 2.47. The first-order valence-corrected chi connectivity index (χ1v) is 7.05. The fraction of sp³-hybridized carbons (Fsp3) is 0.400. The lowest BCUT2D eigenvalue weighted by Crippen LogP contribution is -2.33. The molecule has 6 heteroatoms. The monoisotopic (exact) mass is 286 g/mol. The highest BCUT2D eigenvalue weighted by molar-refractivity contribution is 5.80. The number of hydrogen-bond donors (Lipinski definition) is 1. The first-order chi connectivity index (χ1) is 10.2. The summed E-state index contributed by atoms with van der Waals surface area (Å²) in [5.74, 6) is -0.0431. The molecule has 110 valence electrons. The van der Waals surface area contributed by atoms with E-state index in [9.17, 15) is 4.79 Å². The topological polar surface area (TPSA) is 69.0 Å². The van der Waals surface area contributed by atoms with Crippen LogP contribution in [0.3, 0.4) is 0 Å². The first-order valence-electron chi connectivity index (χ1n) is 7.05. The summed E-state index contributed by atoms with van der Waals surface area (Å²) in [5, 5.41) is 7.05. The van der Waals surface area contributed by atoms with Gasteiger partial charge in [-0.15, -0.1) is 0 Å². The van der Waals surface area contributed by atoms with E-state index in [-0.39, 0.29) is 12.0 Å². The van der Waals surface area contributed by atoms with Crippen molar-refractivity contribution < 1.29 is 9.53 Å². The molecule has 6 nitrogen and oxygen atoms in total. The van der Waals surface area contributed by atoms with Gasteiger partial charge in [-0.2, -0.15) is 5.10 Å². The largest absolute Gasteiger partial charge is 0.368 e. The highest BCUT2D eigenvalue weighted by Crippen LogP contribution is 2.18. The maximum atomic E-state index is 11.9. The normalized spacial score (nSPS) is 17.9. The number of carbonyl (C=O) groups is 1. The molecule has 1 amide bonds. The zero-order chi connectivity index (χ0) is 14.7. The highest BCUT2D eigenvalue weighted by atomic mass is 16.5. The van der Waals surface area contributed by atoms with Gasteiger partial charge in [0.25, 0.3) is 0 Å². The summed E-state index contributed by atoms with van der Waals surface area (Å²) < 4.78 is 7.16. The summed E-state index contributed by atoms with van der Waals surface area (Å²) in [6, 6.07) is 3.95. The van der Waals surface area contributed by atoms with Crippen LogP contribution in [-0.4, -0.2) is 33.4 Å². The van der Waals surface area contributed by atoms with Crippen LogP contribution in [0.5, 0.6) is 0 Å². The van der Waals surface area contributed by atoms with Gasteiger partial charge in [0.2, 0.25) is 5.91 Å². The van der Waals surface area contributed by atoms with Gasteiger partial charge in [-0.3, -0.25) is 14.5 Å². The van der Waals surface area contributed by atoms with Gasteiger partial charge in [0.05, 0.1) is 5.69 Å². The number of nitrogens with zero attached hydrogens (tertiary/aromatic N) is 3. The van der Waals surface area contributed by atoms with Gasteiger partial charge in [-0.05, 0) is 30.5 Å². The van der Waals surface area contributed by atoms with Crippen LogP contribution in [-0.2, 0) is 23.1 Å². The molecule has 1 fully saturated rings. The van der Waals surface area contributed by atoms with Crippen molar-refractivity contribution >= 4 is 5.91 Å². The molecule has 1 aliphatic rings. The molecule has 0 radical (unpaired) electrons. The number of carbonyl (C=O) groups excluding carboxylic acids is 1. The van der Waals surface area contributed by atoms with Crippen LogP contribution < -0.4 is 5.32 Å². The Labute approximate surface area is 123 Å². The van der Waals surface area contributed by atoms with Gasteiger partial charge in [0.1, 0.15) is 6.10 Å². The summed E-state index contributed by atoms with van der Waals surface area (Å²) in [6.45, 7) is 1.13. The lowest BCUT2D eigenvalue weighted by atomic mass is 10.1. The van der Waals surface area contributed by atoms with Crippen LogP contribution in [0.4, 0.5) is 0 Å². The summed E-state index contributed by atoms with van der Waals surface area (Å²) in [7, 11) is 1.89. The molecular weight excluding hydrogens is 268 g/mol. The molecule has 3 rings (SSSR count). The Balaban J connectivity index is 1.66. The van der Waals surface area contributed by atoms with Crippen molar-refractivity contribution in [1.29, 1.82) is 0 Å². The Morgan fingerprint density at radius 1 is 1.52 bits per heavy atom. The quantitative estimate of drug-likeness (QED) is 0.919. The number of pyridine rings is 1. The molecule has 0 aromatic carbocycles. The van der Waals surface area contributed by atoms with E-state index in [0.29, 0.717) is 13.2 Å². The van der Waals surface area contributed by atoms with Crippen molar-refractivity contribution in [1.82, 2.24) is 20.1 Å². The zero-order valence-corrected chi connectivity index (χ0v) is 12.0. The van der Waals surface area contributed by atoms with Crippen molar-refractivity contribution in [2.75, 3.05) is 6.61 Å². The van der Waals surface area contributed by atoms with E-state index in [1.54, 1.807) is 23.3 Å². The van der Waals surface area contributed by atoms with Crippen molar-refractivity contribution in [3.63, 3.8) is 0 Å². The third-order valence-corrected chi connectivity index (χ3v) is 3.60. The van der Waals surface area contributed by atoms with E-state index >= 15 is 0 Å². The molecule has 1 aliphatic heterocycles. The van der Waals surface area contributed by atoms with E-state index in [0.717, 1.165) is 29.7 Å². The third-order valence-electron chi connectivity index (χ3n) is 3.60. The molecule has 0 unspecified atom stereocenters. The predicted molar refractivity (Wildman–Crippen MR) is 77.3 cm³/mol. The molecule has 0 aliphatic carbocycles. The second kappa shape index (κ2) is 6.05. The Kier molecular flexibility index (Phi) is 3.96. The van der Waals surface area contributed by atoms with Gasteiger partial charge >= 0.3 is 0 Å². The summed E-state index contributed by atoms with van der Waals surface area (Å²) in [5.41, 5.74) is 2.94. The molecule has 1 N–H and O–H groups in total. The minimum atomic E-state index is -0.293. The van der Waals surface area contributed by atoms with Crippen LogP contribution >= 0.6 is 0 Å². The fourth-order valence-corrected chi connectivity index (χ4v) is 2.47. The number of ether oxygens (including phenoxy) is 1. The summed E-state index contributed by atoms with van der Waals surface area (Å²) in [4.78, 5) is 16.1. The number of hydrogen-bond acceptors (Lipinski definition) is 4. The molecule has 2 aromatic heterocycles. The summed E-state index contributed by atoms with van der Waals surface area (Å²) in [6.07, 6.45) is 6.77. The second-order valence-electron chi connectivity index (χ2n) is 5.14. The second-order valence-corrected chi connectivity index (χ2v) is 5.14. The van der Waals surface area contributed by atoms with E-state index in [1.807, 2.05) is 19.2 Å². The smallest absolute Gasteiger partial charge is 0.249 e. The van der Waals surface area contributed by atoms with Crippen LogP contribution in [0, 0.1) is 0 Å². The van der Waals surface area contributed by atoms with Crippen LogP contribution in [0.25, 0.3) is 11.3 Å². The average molecular weight is 286 g/mol. The molecule has 2 aromatic rings. The standard InChI is InChI=1S/C15H18N4O2/c1-19-13(4-5-18-19)12-7-11(8-16-10-12)9-17-15(20)14-3-2-6-21-14/h4-5,7-8,10,14H,2-3,6,9H2,1H3,(H,17,20)/t14-/m0/s1. The number of aromatic nitrogens is 3. The molecule has 0 saturated carbocycles. The molecular formula is C15H18N4O2. The maximum absolute atomic E-state index is 11.9. The van der Waals surface area contributed by atoms with E-state index in [2.05, 4.69) is 15.4 Å². The molecule has 3 heterocycles. The number of aryl methyl sites for hydroxylation is 1.